The number of epoxide rings is 1. The first-order valence-electron chi connectivity index (χ1n) is 17.1. The van der Waals surface area contributed by atoms with E-state index in [1.54, 1.807) is 0 Å². The molecule has 2 aromatic rings. The van der Waals surface area contributed by atoms with Gasteiger partial charge in [-0.05, 0) is 22.8 Å². The van der Waals surface area contributed by atoms with E-state index in [4.69, 9.17) is 36.9 Å². The molecular weight excluding hydrogens is 370 g/mol. The van der Waals surface area contributed by atoms with Crippen molar-refractivity contribution in [3.63, 3.8) is 0 Å². The van der Waals surface area contributed by atoms with E-state index in [0.717, 1.165) is 0 Å². The second kappa shape index (κ2) is 5.62. The van der Waals surface area contributed by atoms with Crippen LogP contribution in [-0.2, 0) is 19.9 Å². The molecule has 2 aromatic heterocycles. The first kappa shape index (κ1) is 5.87. The number of hydrogen-bond donors (Lipinski definition) is 1. The molecule has 3 aliphatic heterocycles. The first-order chi connectivity index (χ1) is 20.4. The van der Waals surface area contributed by atoms with Crippen LogP contribution >= 0.6 is 22.7 Å². The Labute approximate surface area is 188 Å². The van der Waals surface area contributed by atoms with Crippen LogP contribution in [0.3, 0.4) is 0 Å². The molecule has 0 radical (unpaired) electrons. The number of carbonyl (C=O) groups excluding carboxylic acids is 1. The van der Waals surface area contributed by atoms with Crippen LogP contribution < -0.4 is 0 Å². The molecule has 5 rings (SSSR count). The van der Waals surface area contributed by atoms with E-state index in [0.29, 0.717) is 0 Å². The van der Waals surface area contributed by atoms with E-state index in [1.807, 2.05) is 0 Å². The molecule has 0 aliphatic carbocycles. The van der Waals surface area contributed by atoms with Crippen molar-refractivity contribution in [1.82, 2.24) is 0 Å². The lowest BCUT2D eigenvalue weighted by Crippen LogP contribution is -2.60. The van der Waals surface area contributed by atoms with Gasteiger partial charge in [-0.3, -0.25) is 0 Å². The van der Waals surface area contributed by atoms with E-state index in [9.17, 15) is 9.90 Å². The van der Waals surface area contributed by atoms with Crippen LogP contribution in [0.25, 0.3) is 0 Å². The van der Waals surface area contributed by atoms with Gasteiger partial charge in [0.25, 0.3) is 0 Å². The maximum atomic E-state index is 14.0. The number of quaternary nitrogens is 1. The Morgan fingerprint density at radius 1 is 1.35 bits per heavy atom. The third-order valence-electron chi connectivity index (χ3n) is 3.94. The zero-order chi connectivity index (χ0) is 35.6. The Kier molecular flexibility index (Phi) is 1.27. The van der Waals surface area contributed by atoms with Crippen LogP contribution in [0.1, 0.15) is 49.9 Å². The number of thiophene rings is 2. The Balaban J connectivity index is 1.80. The molecule has 26 heavy (non-hydrogen) atoms. The zero-order valence-corrected chi connectivity index (χ0v) is 14.1. The second-order valence-corrected chi connectivity index (χ2v) is 7.11. The summed E-state index contributed by atoms with van der Waals surface area (Å²) in [5, 5.41) is 10.5. The average molecular weight is 413 g/mol. The molecule has 2 bridgehead atoms. The first-order valence-corrected chi connectivity index (χ1v) is 8.70. The lowest BCUT2D eigenvalue weighted by atomic mass is 9.95. The Hall–Kier alpha value is -1.25. The normalized spacial score (nSPS) is 61.7. The molecule has 5 heterocycles. The molecule has 7 heteroatoms. The molecule has 3 aliphatic rings. The van der Waals surface area contributed by atoms with Crippen molar-refractivity contribution in [2.24, 2.45) is 0 Å². The third-order valence-corrected chi connectivity index (χ3v) is 5.55. The number of rotatable bonds is 4. The van der Waals surface area contributed by atoms with Gasteiger partial charge in [-0.15, -0.1) is 22.7 Å². The number of nitrogens with zero attached hydrogens (tertiary/aromatic N) is 1. The van der Waals surface area contributed by atoms with E-state index in [-0.39, 0.29) is 22.7 Å². The fourth-order valence-corrected chi connectivity index (χ4v) is 3.99. The number of ether oxygens (including phenoxy) is 2. The smallest absolute Gasteiger partial charge is 0.349 e. The molecule has 3 fully saturated rings. The molecule has 4 unspecified atom stereocenters. The lowest BCUT2D eigenvalue weighted by Gasteiger charge is -2.45. The minimum atomic E-state index is -4.22. The summed E-state index contributed by atoms with van der Waals surface area (Å²) in [7, 11) is 0. The van der Waals surface area contributed by atoms with Crippen molar-refractivity contribution in [3.8, 4) is 0 Å². The predicted octanol–water partition coefficient (Wildman–Crippen LogP) is 2.35. The van der Waals surface area contributed by atoms with Gasteiger partial charge < -0.3 is 19.1 Å². The number of piperidine rings is 1. The number of morpholine rings is 1. The monoisotopic (exact) mass is 412 g/mol. The molecule has 0 amide bonds. The summed E-state index contributed by atoms with van der Waals surface area (Å²) >= 11 is 0.259. The van der Waals surface area contributed by atoms with E-state index in [2.05, 4.69) is 0 Å². The number of likely N-dealkylation sites (N-methyl/N-ethyl adjacent to an activating group) is 1. The topological polar surface area (TPSA) is 59.1 Å². The van der Waals surface area contributed by atoms with Crippen LogP contribution in [0.5, 0.6) is 0 Å². The molecule has 1 N–H and O–H groups in total. The van der Waals surface area contributed by atoms with Crippen molar-refractivity contribution >= 4 is 28.6 Å². The fourth-order valence-electron chi connectivity index (χ4n) is 2.65. The highest BCUT2D eigenvalue weighted by atomic mass is 32.1. The van der Waals surface area contributed by atoms with Crippen LogP contribution in [0, 0.1) is 0 Å². The number of fused-ring (bicyclic) bond motifs is 5. The molecular formula is C19H22NO4S2+. The molecule has 0 saturated carbocycles. The number of hydrogen-bond acceptors (Lipinski definition) is 6. The predicted molar refractivity (Wildman–Crippen MR) is 99.1 cm³/mol. The average Bonchev–Trinajstić information content (AvgIpc) is 3.23. The molecule has 5 nitrogen and oxygen atoms in total. The van der Waals surface area contributed by atoms with Gasteiger partial charge in [-0.25, -0.2) is 4.79 Å². The van der Waals surface area contributed by atoms with Crippen molar-refractivity contribution in [3.05, 3.63) is 44.6 Å². The van der Waals surface area contributed by atoms with Crippen molar-refractivity contribution in [2.45, 2.75) is 48.6 Å². The summed E-state index contributed by atoms with van der Waals surface area (Å²) in [6.45, 7) is -8.44. The summed E-state index contributed by atoms with van der Waals surface area (Å²) in [5.41, 5.74) is -3.54. The Bertz CT molecular complexity index is 1580. The maximum Gasteiger partial charge on any atom is 0.349 e. The SMILES string of the molecule is [2H]c1sc(C(O)(C(=O)OC2C([2H])([2H])C3([2H])C4([2H])OC4([2H])C([2H])(C2([2H])[2H])[N+]3(C([2H])([2H])[2H])C([2H])([2H])[2H])c2sc([2H])c([2H])c2[2H])c([2H])c1[2H]. The highest BCUT2D eigenvalue weighted by molar-refractivity contribution is 7.12. The zero-order valence-electron chi connectivity index (χ0n) is 32.5. The summed E-state index contributed by atoms with van der Waals surface area (Å²) < 4.78 is 175. The number of carbonyl (C=O) groups is 1. The van der Waals surface area contributed by atoms with Gasteiger partial charge in [0, 0.05) is 18.2 Å². The van der Waals surface area contributed by atoms with Gasteiger partial charge in [0.15, 0.2) is 0 Å². The van der Waals surface area contributed by atoms with E-state index >= 15 is 0 Å². The van der Waals surface area contributed by atoms with Gasteiger partial charge in [0.1, 0.15) is 30.3 Å². The minimum Gasteiger partial charge on any atom is -0.459 e. The van der Waals surface area contributed by atoms with Gasteiger partial charge in [0.05, 0.1) is 45.6 Å². The van der Waals surface area contributed by atoms with Gasteiger partial charge in [-0.2, -0.15) is 0 Å². The van der Waals surface area contributed by atoms with Crippen molar-refractivity contribution in [1.29, 1.82) is 0 Å². The van der Waals surface area contributed by atoms with Crippen LogP contribution in [0.15, 0.2) is 34.9 Å². The van der Waals surface area contributed by atoms with Gasteiger partial charge >= 0.3 is 5.97 Å². The van der Waals surface area contributed by atoms with Crippen LogP contribution in [-0.4, -0.2) is 59.8 Å². The van der Waals surface area contributed by atoms with Crippen molar-refractivity contribution in [2.75, 3.05) is 14.0 Å². The highest BCUT2D eigenvalue weighted by Gasteiger charge is 2.71. The molecule has 138 valence electrons. The summed E-state index contributed by atoms with van der Waals surface area (Å²) in [6, 6.07) is -12.0. The second-order valence-electron chi connectivity index (χ2n) is 5.48. The third kappa shape index (κ3) is 2.28. The summed E-state index contributed by atoms with van der Waals surface area (Å²) in [6.07, 6.45) is -18.7. The largest absolute Gasteiger partial charge is 0.459 e. The maximum absolute atomic E-state index is 14.0. The van der Waals surface area contributed by atoms with E-state index < -0.39 is 118 Å². The number of esters is 1. The standard InChI is InChI=1S/C19H22NO4S2/c1-20(2)12-9-11(10-13(20)17-16(12)24-17)23-18(21)19(22,14-5-3-7-25-14)15-6-4-8-26-15/h3-8,11-13,16-17,22H,9-10H2,1-2H3/q+1/i1D3,2D3,3D,4D,5D,6D,7D,8D,9D2,10D2,12D,13D,16D,17D. The van der Waals surface area contributed by atoms with Crippen LogP contribution in [0.4, 0.5) is 0 Å². The Morgan fingerprint density at radius 3 is 2.38 bits per heavy atom. The fraction of sp³-hybridized carbons (Fsp3) is 0.526. The van der Waals surface area contributed by atoms with E-state index in [1.165, 1.54) is 0 Å². The Morgan fingerprint density at radius 2 is 1.92 bits per heavy atom. The summed E-state index contributed by atoms with van der Waals surface area (Å²) in [5.74, 6) is -2.20. The quantitative estimate of drug-likeness (QED) is 0.476. The molecule has 0 spiro atoms. The van der Waals surface area contributed by atoms with Crippen molar-refractivity contribution < 1.29 is 51.3 Å². The molecule has 3 saturated heterocycles. The highest BCUT2D eigenvalue weighted by Crippen LogP contribution is 2.52. The molecule has 0 aromatic carbocycles. The molecule has 4 atom stereocenters. The summed E-state index contributed by atoms with van der Waals surface area (Å²) in [4.78, 5) is 12.2. The lowest BCUT2D eigenvalue weighted by molar-refractivity contribution is -0.938. The van der Waals surface area contributed by atoms with Crippen LogP contribution in [0.2, 0.25) is 0 Å². The number of aliphatic hydroxyl groups is 1. The van der Waals surface area contributed by atoms with Gasteiger partial charge in [0.2, 0.25) is 5.60 Å². The minimum absolute atomic E-state index is 0.130. The van der Waals surface area contributed by atoms with Gasteiger partial charge in [-0.1, -0.05) is 12.1 Å².